The van der Waals surface area contributed by atoms with Crippen LogP contribution in [0.1, 0.15) is 45.1 Å². The van der Waals surface area contributed by atoms with Crippen LogP contribution in [0.4, 0.5) is 19.0 Å². The van der Waals surface area contributed by atoms with Gasteiger partial charge in [0.2, 0.25) is 0 Å². The molecule has 1 saturated carbocycles. The number of carbonyl (C=O) groups is 1. The number of alkyl halides is 3. The van der Waals surface area contributed by atoms with E-state index in [1.807, 2.05) is 0 Å². The number of anilines is 1. The van der Waals surface area contributed by atoms with E-state index in [1.54, 1.807) is 18.6 Å². The molecule has 2 aromatic heterocycles. The van der Waals surface area contributed by atoms with E-state index < -0.39 is 11.7 Å². The molecule has 5 nitrogen and oxygen atoms in total. The number of halogens is 3. The predicted octanol–water partition coefficient (Wildman–Crippen LogP) is 5.91. The normalized spacial score (nSPS) is 21.7. The first-order valence-electron chi connectivity index (χ1n) is 10.7. The summed E-state index contributed by atoms with van der Waals surface area (Å²) in [6.07, 6.45) is 3.59. The van der Waals surface area contributed by atoms with Crippen molar-refractivity contribution >= 4 is 22.6 Å². The average molecular weight is 442 g/mol. The monoisotopic (exact) mass is 442 g/mol. The number of rotatable bonds is 5. The molecule has 1 aliphatic rings. The summed E-state index contributed by atoms with van der Waals surface area (Å²) in [7, 11) is 0. The summed E-state index contributed by atoms with van der Waals surface area (Å²) in [5.74, 6) is 1.03. The Labute approximate surface area is 184 Å². The number of aromatic nitrogens is 3. The average Bonchev–Trinajstić information content (AvgIpc) is 2.77. The van der Waals surface area contributed by atoms with Gasteiger partial charge in [0.1, 0.15) is 16.8 Å². The van der Waals surface area contributed by atoms with Crippen molar-refractivity contribution in [1.82, 2.24) is 15.0 Å². The van der Waals surface area contributed by atoms with Crippen molar-refractivity contribution in [3.05, 3.63) is 48.4 Å². The molecule has 0 saturated heterocycles. The lowest BCUT2D eigenvalue weighted by molar-refractivity contribution is -0.137. The van der Waals surface area contributed by atoms with Crippen LogP contribution in [0.5, 0.6) is 0 Å². The number of pyridine rings is 1. The van der Waals surface area contributed by atoms with E-state index in [9.17, 15) is 18.0 Å². The largest absolute Gasteiger partial charge is 0.416 e. The molecule has 0 aliphatic heterocycles. The molecule has 1 unspecified atom stereocenters. The number of benzene rings is 1. The summed E-state index contributed by atoms with van der Waals surface area (Å²) in [6, 6.07) is 4.93. The quantitative estimate of drug-likeness (QED) is 0.532. The van der Waals surface area contributed by atoms with Crippen LogP contribution in [0, 0.1) is 11.3 Å². The van der Waals surface area contributed by atoms with Gasteiger partial charge in [-0.05, 0) is 42.4 Å². The fourth-order valence-corrected chi connectivity index (χ4v) is 4.36. The Bertz CT molecular complexity index is 1130. The maximum atomic E-state index is 12.9. The van der Waals surface area contributed by atoms with E-state index in [1.165, 1.54) is 12.1 Å². The standard InChI is InChI=1S/C24H25F3N4O/c1-3-15-8-9-23(2,12-19(15)32)14-31-22-21-20(28-10-11-29-21)18(13-30-22)16-4-6-17(7-5-16)24(25,26)27/h4-7,10-11,13,15H,3,8-9,12,14H2,1-2H3,(H,30,31)/t15?,23-/m1/s1. The highest BCUT2D eigenvalue weighted by atomic mass is 19.4. The van der Waals surface area contributed by atoms with Crippen LogP contribution in [0.15, 0.2) is 42.9 Å². The lowest BCUT2D eigenvalue weighted by Crippen LogP contribution is -2.36. The summed E-state index contributed by atoms with van der Waals surface area (Å²) in [5.41, 5.74) is 1.42. The third-order valence-electron chi connectivity index (χ3n) is 6.35. The van der Waals surface area contributed by atoms with Gasteiger partial charge in [-0.25, -0.2) is 9.97 Å². The van der Waals surface area contributed by atoms with Crippen molar-refractivity contribution in [2.24, 2.45) is 11.3 Å². The summed E-state index contributed by atoms with van der Waals surface area (Å²) in [6.45, 7) is 4.73. The molecule has 2 atom stereocenters. The number of hydrogen-bond donors (Lipinski definition) is 1. The van der Waals surface area contributed by atoms with Crippen LogP contribution >= 0.6 is 0 Å². The Kier molecular flexibility index (Phi) is 5.88. The molecule has 0 radical (unpaired) electrons. The highest BCUT2D eigenvalue weighted by molar-refractivity contribution is 5.96. The van der Waals surface area contributed by atoms with Gasteiger partial charge in [0.25, 0.3) is 0 Å². The van der Waals surface area contributed by atoms with Crippen LogP contribution in [-0.4, -0.2) is 27.3 Å². The van der Waals surface area contributed by atoms with Crippen molar-refractivity contribution in [2.45, 2.75) is 45.7 Å². The molecule has 32 heavy (non-hydrogen) atoms. The molecular weight excluding hydrogens is 417 g/mol. The van der Waals surface area contributed by atoms with Crippen molar-refractivity contribution in [3.63, 3.8) is 0 Å². The van der Waals surface area contributed by atoms with Crippen molar-refractivity contribution in [1.29, 1.82) is 0 Å². The Morgan fingerprint density at radius 3 is 2.41 bits per heavy atom. The molecule has 1 fully saturated rings. The first-order chi connectivity index (χ1) is 15.2. The van der Waals surface area contributed by atoms with Crippen LogP contribution in [0.2, 0.25) is 0 Å². The van der Waals surface area contributed by atoms with E-state index in [4.69, 9.17) is 0 Å². The highest BCUT2D eigenvalue weighted by Crippen LogP contribution is 2.38. The fourth-order valence-electron chi connectivity index (χ4n) is 4.36. The van der Waals surface area contributed by atoms with Crippen LogP contribution in [-0.2, 0) is 11.0 Å². The number of ketones is 1. The van der Waals surface area contributed by atoms with Gasteiger partial charge < -0.3 is 5.32 Å². The van der Waals surface area contributed by atoms with E-state index in [0.717, 1.165) is 31.4 Å². The molecule has 1 aliphatic carbocycles. The first kappa shape index (κ1) is 22.2. The number of Topliss-reactive ketones (excluding diaryl/α,β-unsaturated/α-hetero) is 1. The lowest BCUT2D eigenvalue weighted by Gasteiger charge is -2.36. The minimum Gasteiger partial charge on any atom is -0.368 e. The van der Waals surface area contributed by atoms with E-state index in [2.05, 4.69) is 34.1 Å². The van der Waals surface area contributed by atoms with Gasteiger partial charge in [0.15, 0.2) is 5.82 Å². The Balaban J connectivity index is 1.60. The zero-order chi connectivity index (χ0) is 22.9. The number of fused-ring (bicyclic) bond motifs is 1. The van der Waals surface area contributed by atoms with Gasteiger partial charge in [0.05, 0.1) is 5.56 Å². The highest BCUT2D eigenvalue weighted by Gasteiger charge is 2.36. The predicted molar refractivity (Wildman–Crippen MR) is 117 cm³/mol. The zero-order valence-electron chi connectivity index (χ0n) is 18.0. The minimum atomic E-state index is -4.39. The molecule has 0 amide bonds. The molecule has 168 valence electrons. The smallest absolute Gasteiger partial charge is 0.368 e. The van der Waals surface area contributed by atoms with Gasteiger partial charge in [-0.15, -0.1) is 0 Å². The van der Waals surface area contributed by atoms with Crippen molar-refractivity contribution in [3.8, 4) is 11.1 Å². The zero-order valence-corrected chi connectivity index (χ0v) is 18.0. The maximum Gasteiger partial charge on any atom is 0.416 e. The molecule has 0 bridgehead atoms. The van der Waals surface area contributed by atoms with Crippen molar-refractivity contribution in [2.75, 3.05) is 11.9 Å². The van der Waals surface area contributed by atoms with Crippen molar-refractivity contribution < 1.29 is 18.0 Å². The number of nitrogens with zero attached hydrogens (tertiary/aromatic N) is 3. The Morgan fingerprint density at radius 2 is 1.78 bits per heavy atom. The fraction of sp³-hybridized carbons (Fsp3) is 0.417. The van der Waals surface area contributed by atoms with Gasteiger partial charge in [-0.1, -0.05) is 26.0 Å². The SMILES string of the molecule is CCC1CC[C@@](C)(CNc2ncc(-c3ccc(C(F)(F)F)cc3)c3nccnc23)CC1=O. The maximum absolute atomic E-state index is 12.9. The van der Waals surface area contributed by atoms with Gasteiger partial charge in [-0.2, -0.15) is 13.2 Å². The Hall–Kier alpha value is -3.03. The second-order valence-electron chi connectivity index (χ2n) is 8.80. The van der Waals surface area contributed by atoms with E-state index >= 15 is 0 Å². The van der Waals surface area contributed by atoms with Crippen LogP contribution in [0.25, 0.3) is 22.2 Å². The summed E-state index contributed by atoms with van der Waals surface area (Å²) >= 11 is 0. The number of carbonyl (C=O) groups excluding carboxylic acids is 1. The molecule has 3 aromatic rings. The molecule has 1 aromatic carbocycles. The minimum absolute atomic E-state index is 0.162. The third kappa shape index (κ3) is 4.45. The second-order valence-corrected chi connectivity index (χ2v) is 8.80. The Morgan fingerprint density at radius 1 is 1.09 bits per heavy atom. The molecule has 0 spiro atoms. The van der Waals surface area contributed by atoms with Gasteiger partial charge in [0, 0.05) is 43.0 Å². The van der Waals surface area contributed by atoms with Gasteiger partial charge >= 0.3 is 6.18 Å². The van der Waals surface area contributed by atoms with E-state index in [0.29, 0.717) is 46.7 Å². The second kappa shape index (κ2) is 8.48. The van der Waals surface area contributed by atoms with Crippen LogP contribution < -0.4 is 5.32 Å². The molecule has 1 N–H and O–H groups in total. The summed E-state index contributed by atoms with van der Waals surface area (Å²) in [4.78, 5) is 25.7. The number of nitrogens with one attached hydrogen (secondary N) is 1. The molecular formula is C24H25F3N4O. The summed E-state index contributed by atoms with van der Waals surface area (Å²) in [5, 5.41) is 3.34. The molecule has 8 heteroatoms. The van der Waals surface area contributed by atoms with Gasteiger partial charge in [-0.3, -0.25) is 9.78 Å². The topological polar surface area (TPSA) is 67.8 Å². The van der Waals surface area contributed by atoms with Crippen LogP contribution in [0.3, 0.4) is 0 Å². The molecule has 4 rings (SSSR count). The van der Waals surface area contributed by atoms with E-state index in [-0.39, 0.29) is 11.3 Å². The first-order valence-corrected chi connectivity index (χ1v) is 10.7. The summed E-state index contributed by atoms with van der Waals surface area (Å²) < 4.78 is 38.7. The molecule has 2 heterocycles. The third-order valence-corrected chi connectivity index (χ3v) is 6.35. The lowest BCUT2D eigenvalue weighted by atomic mass is 9.70. The number of hydrogen-bond acceptors (Lipinski definition) is 5.